The predicted molar refractivity (Wildman–Crippen MR) is 76.9 cm³/mol. The van der Waals surface area contributed by atoms with Crippen LogP contribution in [-0.2, 0) is 0 Å². The first-order valence-electron chi connectivity index (χ1n) is 6.85. The Hall–Kier alpha value is -2.04. The van der Waals surface area contributed by atoms with Crippen LogP contribution in [0.3, 0.4) is 0 Å². The number of likely N-dealkylation sites (tertiary alicyclic amines) is 1. The first-order valence-corrected chi connectivity index (χ1v) is 6.85. The SMILES string of the molecule is CC1CC(C)CN(C(=O)Nc2ccccc2C(=O)O)C1. The maximum absolute atomic E-state index is 12.3. The summed E-state index contributed by atoms with van der Waals surface area (Å²) in [6.07, 6.45) is 1.12. The van der Waals surface area contributed by atoms with Gasteiger partial charge in [0.1, 0.15) is 0 Å². The van der Waals surface area contributed by atoms with Crippen molar-refractivity contribution in [2.24, 2.45) is 11.8 Å². The number of carboxylic acids is 1. The summed E-state index contributed by atoms with van der Waals surface area (Å²) in [6.45, 7) is 5.68. The van der Waals surface area contributed by atoms with Gasteiger partial charge in [0, 0.05) is 13.1 Å². The Morgan fingerprint density at radius 3 is 2.40 bits per heavy atom. The van der Waals surface area contributed by atoms with Gasteiger partial charge in [-0.25, -0.2) is 9.59 Å². The number of carbonyl (C=O) groups excluding carboxylic acids is 1. The predicted octanol–water partition coefficient (Wildman–Crippen LogP) is 2.89. The number of nitrogens with one attached hydrogen (secondary N) is 1. The number of para-hydroxylation sites is 1. The zero-order valence-corrected chi connectivity index (χ0v) is 11.8. The molecule has 5 heteroatoms. The maximum atomic E-state index is 12.3. The molecule has 0 radical (unpaired) electrons. The topological polar surface area (TPSA) is 69.6 Å². The Labute approximate surface area is 118 Å². The molecule has 2 N–H and O–H groups in total. The Balaban J connectivity index is 2.10. The third-order valence-corrected chi connectivity index (χ3v) is 3.56. The average molecular weight is 276 g/mol. The lowest BCUT2D eigenvalue weighted by Crippen LogP contribution is -2.44. The van der Waals surface area contributed by atoms with Crippen molar-refractivity contribution >= 4 is 17.7 Å². The van der Waals surface area contributed by atoms with Gasteiger partial charge in [-0.05, 0) is 30.4 Å². The van der Waals surface area contributed by atoms with E-state index in [1.807, 2.05) is 0 Å². The van der Waals surface area contributed by atoms with Crippen molar-refractivity contribution in [2.75, 3.05) is 18.4 Å². The number of hydrogen-bond donors (Lipinski definition) is 2. The molecule has 1 aromatic rings. The number of piperidine rings is 1. The van der Waals surface area contributed by atoms with Gasteiger partial charge in [-0.1, -0.05) is 26.0 Å². The molecular weight excluding hydrogens is 256 g/mol. The molecule has 1 saturated heterocycles. The van der Waals surface area contributed by atoms with E-state index >= 15 is 0 Å². The number of benzene rings is 1. The number of amides is 2. The fourth-order valence-corrected chi connectivity index (χ4v) is 2.80. The van der Waals surface area contributed by atoms with Gasteiger partial charge in [0.2, 0.25) is 0 Å². The van der Waals surface area contributed by atoms with E-state index in [1.165, 1.54) is 6.07 Å². The molecule has 0 spiro atoms. The number of hydrogen-bond acceptors (Lipinski definition) is 2. The smallest absolute Gasteiger partial charge is 0.337 e. The average Bonchev–Trinajstić information content (AvgIpc) is 2.37. The van der Waals surface area contributed by atoms with Crippen molar-refractivity contribution < 1.29 is 14.7 Å². The Kier molecular flexibility index (Phi) is 4.27. The van der Waals surface area contributed by atoms with Gasteiger partial charge in [0.25, 0.3) is 0 Å². The minimum atomic E-state index is -1.04. The molecule has 1 aliphatic rings. The summed E-state index contributed by atoms with van der Waals surface area (Å²) in [4.78, 5) is 25.1. The Morgan fingerprint density at radius 1 is 1.20 bits per heavy atom. The van der Waals surface area contributed by atoms with Gasteiger partial charge in [-0.2, -0.15) is 0 Å². The summed E-state index contributed by atoms with van der Waals surface area (Å²) in [6, 6.07) is 6.22. The third-order valence-electron chi connectivity index (χ3n) is 3.56. The van der Waals surface area contributed by atoms with Gasteiger partial charge in [0.05, 0.1) is 11.3 Å². The van der Waals surface area contributed by atoms with Gasteiger partial charge in [0.15, 0.2) is 0 Å². The molecule has 1 fully saturated rings. The standard InChI is InChI=1S/C15H20N2O3/c1-10-7-11(2)9-17(8-10)15(20)16-13-6-4-3-5-12(13)14(18)19/h3-6,10-11H,7-9H2,1-2H3,(H,16,20)(H,18,19). The highest BCUT2D eigenvalue weighted by Crippen LogP contribution is 2.22. The van der Waals surface area contributed by atoms with Gasteiger partial charge < -0.3 is 15.3 Å². The molecule has 1 aromatic carbocycles. The number of rotatable bonds is 2. The van der Waals surface area contributed by atoms with Crippen LogP contribution in [0.5, 0.6) is 0 Å². The van der Waals surface area contributed by atoms with E-state index in [0.29, 0.717) is 30.6 Å². The number of nitrogens with zero attached hydrogens (tertiary/aromatic N) is 1. The fourth-order valence-electron chi connectivity index (χ4n) is 2.80. The minimum Gasteiger partial charge on any atom is -0.478 e. The molecule has 1 heterocycles. The largest absolute Gasteiger partial charge is 0.478 e. The zero-order chi connectivity index (χ0) is 14.7. The quantitative estimate of drug-likeness (QED) is 0.872. The molecule has 1 aliphatic heterocycles. The molecule has 2 rings (SSSR count). The summed E-state index contributed by atoms with van der Waals surface area (Å²) in [5, 5.41) is 11.8. The molecule has 20 heavy (non-hydrogen) atoms. The normalized spacial score (nSPS) is 22.4. The van der Waals surface area contributed by atoms with Crippen molar-refractivity contribution in [2.45, 2.75) is 20.3 Å². The van der Waals surface area contributed by atoms with E-state index in [4.69, 9.17) is 5.11 Å². The van der Waals surface area contributed by atoms with Crippen molar-refractivity contribution in [3.63, 3.8) is 0 Å². The monoisotopic (exact) mass is 276 g/mol. The van der Waals surface area contributed by atoms with Gasteiger partial charge >= 0.3 is 12.0 Å². The van der Waals surface area contributed by atoms with Crippen LogP contribution in [0, 0.1) is 11.8 Å². The Morgan fingerprint density at radius 2 is 1.80 bits per heavy atom. The van der Waals surface area contributed by atoms with Crippen LogP contribution in [0.1, 0.15) is 30.6 Å². The van der Waals surface area contributed by atoms with E-state index in [1.54, 1.807) is 23.1 Å². The van der Waals surface area contributed by atoms with E-state index < -0.39 is 5.97 Å². The molecule has 5 nitrogen and oxygen atoms in total. The van der Waals surface area contributed by atoms with Crippen molar-refractivity contribution in [3.05, 3.63) is 29.8 Å². The molecule has 2 atom stereocenters. The molecular formula is C15H20N2O3. The highest BCUT2D eigenvalue weighted by molar-refractivity contribution is 5.99. The van der Waals surface area contributed by atoms with E-state index in [9.17, 15) is 9.59 Å². The second kappa shape index (κ2) is 5.94. The molecule has 0 aromatic heterocycles. The van der Waals surface area contributed by atoms with Crippen LogP contribution in [0.25, 0.3) is 0 Å². The van der Waals surface area contributed by atoms with E-state index in [0.717, 1.165) is 6.42 Å². The second-order valence-electron chi connectivity index (χ2n) is 5.63. The van der Waals surface area contributed by atoms with E-state index in [2.05, 4.69) is 19.2 Å². The molecule has 0 aliphatic carbocycles. The van der Waals surface area contributed by atoms with Crippen LogP contribution >= 0.6 is 0 Å². The molecule has 0 bridgehead atoms. The summed E-state index contributed by atoms with van der Waals surface area (Å²) in [5.41, 5.74) is 0.454. The minimum absolute atomic E-state index is 0.110. The third kappa shape index (κ3) is 3.29. The lowest BCUT2D eigenvalue weighted by Gasteiger charge is -2.35. The van der Waals surface area contributed by atoms with Crippen molar-refractivity contribution in [1.29, 1.82) is 0 Å². The molecule has 2 amide bonds. The number of carboxylic acid groups (broad SMARTS) is 1. The summed E-state index contributed by atoms with van der Waals surface area (Å²) >= 11 is 0. The van der Waals surface area contributed by atoms with Crippen LogP contribution in [-0.4, -0.2) is 35.1 Å². The van der Waals surface area contributed by atoms with Gasteiger partial charge in [-0.15, -0.1) is 0 Å². The Bertz CT molecular complexity index is 506. The number of aromatic carboxylic acids is 1. The highest BCUT2D eigenvalue weighted by Gasteiger charge is 2.26. The number of carbonyl (C=O) groups is 2. The van der Waals surface area contributed by atoms with Crippen LogP contribution in [0.15, 0.2) is 24.3 Å². The van der Waals surface area contributed by atoms with Crippen LogP contribution in [0.2, 0.25) is 0 Å². The van der Waals surface area contributed by atoms with Gasteiger partial charge in [-0.3, -0.25) is 0 Å². The lowest BCUT2D eigenvalue weighted by molar-refractivity contribution is 0.0698. The number of anilines is 1. The van der Waals surface area contributed by atoms with Crippen molar-refractivity contribution in [3.8, 4) is 0 Å². The van der Waals surface area contributed by atoms with Crippen molar-refractivity contribution in [1.82, 2.24) is 4.90 Å². The lowest BCUT2D eigenvalue weighted by atomic mass is 9.92. The highest BCUT2D eigenvalue weighted by atomic mass is 16.4. The van der Waals surface area contributed by atoms with E-state index in [-0.39, 0.29) is 11.6 Å². The summed E-state index contributed by atoms with van der Waals surface area (Å²) < 4.78 is 0. The summed E-state index contributed by atoms with van der Waals surface area (Å²) in [7, 11) is 0. The van der Waals surface area contributed by atoms with Crippen LogP contribution in [0.4, 0.5) is 10.5 Å². The van der Waals surface area contributed by atoms with Crippen LogP contribution < -0.4 is 5.32 Å². The zero-order valence-electron chi connectivity index (χ0n) is 11.8. The second-order valence-corrected chi connectivity index (χ2v) is 5.63. The first-order chi connectivity index (χ1) is 9.47. The molecule has 2 unspecified atom stereocenters. The maximum Gasteiger partial charge on any atom is 0.337 e. The fraction of sp³-hybridized carbons (Fsp3) is 0.467. The number of urea groups is 1. The first kappa shape index (κ1) is 14.4. The molecule has 0 saturated carbocycles. The molecule has 108 valence electrons. The summed E-state index contributed by atoms with van der Waals surface area (Å²) in [5.74, 6) is -0.0975.